The van der Waals surface area contributed by atoms with E-state index in [2.05, 4.69) is 20.8 Å². The molecule has 1 aromatic rings. The maximum atomic E-state index is 11.1. The number of hydrogen-bond acceptors (Lipinski definition) is 4. The van der Waals surface area contributed by atoms with Crippen LogP contribution in [0.25, 0.3) is 0 Å². The summed E-state index contributed by atoms with van der Waals surface area (Å²) in [5.41, 5.74) is 0.677. The van der Waals surface area contributed by atoms with Gasteiger partial charge in [0.05, 0.1) is 4.92 Å². The first kappa shape index (κ1) is 13.6. The highest BCUT2D eigenvalue weighted by molar-refractivity contribution is 9.10. The van der Waals surface area contributed by atoms with E-state index in [1.54, 1.807) is 6.07 Å². The molecule has 98 valence electrons. The number of nitro groups is 1. The number of likely N-dealkylation sites (N-methyl/N-ethyl adjacent to an activating group) is 1. The van der Waals surface area contributed by atoms with E-state index in [4.69, 9.17) is 11.6 Å². The van der Waals surface area contributed by atoms with E-state index in [0.29, 0.717) is 15.2 Å². The third-order valence-corrected chi connectivity index (χ3v) is 3.85. The van der Waals surface area contributed by atoms with Gasteiger partial charge in [-0.1, -0.05) is 11.6 Å². The summed E-state index contributed by atoms with van der Waals surface area (Å²) in [5.74, 6) is 0. The standard InChI is InChI=1S/C11H13BrClN3O2/c1-14-2-4-15(5-3-14)11-9(12)6-8(13)7-10(11)16(17)18/h6-7H,2-5H2,1H3. The molecule has 0 amide bonds. The van der Waals surface area contributed by atoms with Gasteiger partial charge < -0.3 is 9.80 Å². The van der Waals surface area contributed by atoms with E-state index < -0.39 is 0 Å². The molecule has 1 heterocycles. The molecule has 1 aliphatic heterocycles. The van der Waals surface area contributed by atoms with E-state index in [1.807, 2.05) is 11.9 Å². The number of rotatable bonds is 2. The monoisotopic (exact) mass is 333 g/mol. The number of nitrogens with zero attached hydrogens (tertiary/aromatic N) is 3. The average Bonchev–Trinajstić information content (AvgIpc) is 2.29. The second-order valence-electron chi connectivity index (χ2n) is 4.30. The summed E-state index contributed by atoms with van der Waals surface area (Å²) in [7, 11) is 2.04. The van der Waals surface area contributed by atoms with E-state index in [1.165, 1.54) is 6.07 Å². The van der Waals surface area contributed by atoms with Crippen molar-refractivity contribution in [3.63, 3.8) is 0 Å². The van der Waals surface area contributed by atoms with Crippen molar-refractivity contribution in [2.75, 3.05) is 38.1 Å². The zero-order valence-corrected chi connectivity index (χ0v) is 12.2. The van der Waals surface area contributed by atoms with Crippen molar-refractivity contribution < 1.29 is 4.92 Å². The lowest BCUT2D eigenvalue weighted by Gasteiger charge is -2.34. The van der Waals surface area contributed by atoms with Crippen molar-refractivity contribution in [3.8, 4) is 0 Å². The number of benzene rings is 1. The molecular formula is C11H13BrClN3O2. The molecule has 0 saturated carbocycles. The van der Waals surface area contributed by atoms with Gasteiger partial charge in [0.2, 0.25) is 0 Å². The molecule has 0 unspecified atom stereocenters. The molecule has 1 aliphatic rings. The van der Waals surface area contributed by atoms with Crippen LogP contribution >= 0.6 is 27.5 Å². The van der Waals surface area contributed by atoms with Crippen LogP contribution in [0.3, 0.4) is 0 Å². The quantitative estimate of drug-likeness (QED) is 0.616. The fourth-order valence-corrected chi connectivity index (χ4v) is 3.08. The minimum atomic E-state index is -0.385. The zero-order valence-electron chi connectivity index (χ0n) is 9.90. The van der Waals surface area contributed by atoms with Gasteiger partial charge in [0.15, 0.2) is 0 Å². The van der Waals surface area contributed by atoms with Crippen LogP contribution in [0.1, 0.15) is 0 Å². The van der Waals surface area contributed by atoms with Crippen molar-refractivity contribution in [2.24, 2.45) is 0 Å². The first-order valence-corrected chi connectivity index (χ1v) is 6.73. The summed E-state index contributed by atoms with van der Waals surface area (Å²) in [6.07, 6.45) is 0. The Morgan fingerprint density at radius 2 is 1.94 bits per heavy atom. The van der Waals surface area contributed by atoms with Crippen molar-refractivity contribution >= 4 is 38.9 Å². The van der Waals surface area contributed by atoms with Gasteiger partial charge in [0.1, 0.15) is 5.69 Å². The molecule has 5 nitrogen and oxygen atoms in total. The number of halogens is 2. The van der Waals surface area contributed by atoms with E-state index in [9.17, 15) is 10.1 Å². The highest BCUT2D eigenvalue weighted by Gasteiger charge is 2.25. The topological polar surface area (TPSA) is 49.6 Å². The van der Waals surface area contributed by atoms with Crippen LogP contribution in [0.2, 0.25) is 5.02 Å². The summed E-state index contributed by atoms with van der Waals surface area (Å²) in [6.45, 7) is 3.34. The van der Waals surface area contributed by atoms with Gasteiger partial charge in [-0.2, -0.15) is 0 Å². The zero-order chi connectivity index (χ0) is 13.3. The molecule has 0 aliphatic carbocycles. The summed E-state index contributed by atoms with van der Waals surface area (Å²) >= 11 is 9.24. The second kappa shape index (κ2) is 5.42. The van der Waals surface area contributed by atoms with Gasteiger partial charge in [-0.15, -0.1) is 0 Å². The summed E-state index contributed by atoms with van der Waals surface area (Å²) in [6, 6.07) is 3.10. The van der Waals surface area contributed by atoms with Crippen LogP contribution < -0.4 is 4.90 Å². The fraction of sp³-hybridized carbons (Fsp3) is 0.455. The smallest absolute Gasteiger partial charge is 0.295 e. The van der Waals surface area contributed by atoms with Crippen molar-refractivity contribution in [1.82, 2.24) is 4.90 Å². The summed E-state index contributed by atoms with van der Waals surface area (Å²) < 4.78 is 0.672. The van der Waals surface area contributed by atoms with Gasteiger partial charge in [-0.25, -0.2) is 0 Å². The first-order chi connectivity index (χ1) is 8.49. The Bertz CT molecular complexity index is 476. The minimum Gasteiger partial charge on any atom is -0.362 e. The Morgan fingerprint density at radius 1 is 1.33 bits per heavy atom. The van der Waals surface area contributed by atoms with Crippen molar-refractivity contribution in [2.45, 2.75) is 0 Å². The van der Waals surface area contributed by atoms with E-state index >= 15 is 0 Å². The van der Waals surface area contributed by atoms with Crippen molar-refractivity contribution in [1.29, 1.82) is 0 Å². The second-order valence-corrected chi connectivity index (χ2v) is 5.59. The average molecular weight is 335 g/mol. The van der Waals surface area contributed by atoms with Crippen LogP contribution in [0.15, 0.2) is 16.6 Å². The summed E-state index contributed by atoms with van der Waals surface area (Å²) in [4.78, 5) is 15.0. The molecule has 2 rings (SSSR count). The predicted molar refractivity (Wildman–Crippen MR) is 75.5 cm³/mol. The lowest BCUT2D eigenvalue weighted by molar-refractivity contribution is -0.384. The molecule has 0 N–H and O–H groups in total. The van der Waals surface area contributed by atoms with E-state index in [-0.39, 0.29) is 10.6 Å². The molecule has 0 bridgehead atoms. The maximum absolute atomic E-state index is 11.1. The van der Waals surface area contributed by atoms with Crippen LogP contribution in [0.4, 0.5) is 11.4 Å². The molecule has 18 heavy (non-hydrogen) atoms. The molecule has 0 spiro atoms. The van der Waals surface area contributed by atoms with Crippen LogP contribution in [-0.4, -0.2) is 43.0 Å². The number of nitro benzene ring substituents is 1. The highest BCUT2D eigenvalue weighted by atomic mass is 79.9. The van der Waals surface area contributed by atoms with Gasteiger partial charge in [0.25, 0.3) is 5.69 Å². The fourth-order valence-electron chi connectivity index (χ4n) is 2.03. The van der Waals surface area contributed by atoms with Gasteiger partial charge in [-0.3, -0.25) is 10.1 Å². The molecule has 0 atom stereocenters. The molecule has 0 aromatic heterocycles. The lowest BCUT2D eigenvalue weighted by atomic mass is 10.2. The Labute approximate surface area is 119 Å². The van der Waals surface area contributed by atoms with Crippen LogP contribution in [0.5, 0.6) is 0 Å². The molecular weight excluding hydrogens is 321 g/mol. The van der Waals surface area contributed by atoms with Gasteiger partial charge >= 0.3 is 0 Å². The number of anilines is 1. The molecule has 0 radical (unpaired) electrons. The molecule has 7 heteroatoms. The Balaban J connectivity index is 2.39. The van der Waals surface area contributed by atoms with Gasteiger partial charge in [-0.05, 0) is 29.0 Å². The summed E-state index contributed by atoms with van der Waals surface area (Å²) in [5, 5.41) is 11.5. The Morgan fingerprint density at radius 3 is 2.50 bits per heavy atom. The Hall–Kier alpha value is -0.850. The largest absolute Gasteiger partial charge is 0.362 e. The molecule has 1 saturated heterocycles. The first-order valence-electron chi connectivity index (χ1n) is 5.56. The highest BCUT2D eigenvalue weighted by Crippen LogP contribution is 2.38. The minimum absolute atomic E-state index is 0.0546. The van der Waals surface area contributed by atoms with Crippen LogP contribution in [-0.2, 0) is 0 Å². The number of hydrogen-bond donors (Lipinski definition) is 0. The van der Waals surface area contributed by atoms with Crippen molar-refractivity contribution in [3.05, 3.63) is 31.7 Å². The SMILES string of the molecule is CN1CCN(c2c(Br)cc(Cl)cc2[N+](=O)[O-])CC1. The molecule has 1 aromatic carbocycles. The maximum Gasteiger partial charge on any atom is 0.295 e. The third-order valence-electron chi connectivity index (χ3n) is 3.02. The van der Waals surface area contributed by atoms with Gasteiger partial charge in [0, 0.05) is 41.7 Å². The molecule has 1 fully saturated rings. The Kier molecular flexibility index (Phi) is 4.09. The van der Waals surface area contributed by atoms with E-state index in [0.717, 1.165) is 26.2 Å². The predicted octanol–water partition coefficient (Wildman–Crippen LogP) is 2.76. The van der Waals surface area contributed by atoms with Crippen LogP contribution in [0, 0.1) is 10.1 Å². The third kappa shape index (κ3) is 2.76. The number of piperazine rings is 1. The normalized spacial score (nSPS) is 16.9. The lowest BCUT2D eigenvalue weighted by Crippen LogP contribution is -2.44.